The van der Waals surface area contributed by atoms with E-state index in [4.69, 9.17) is 10.8 Å². The van der Waals surface area contributed by atoms with Gasteiger partial charge in [-0.3, -0.25) is 0 Å². The van der Waals surface area contributed by atoms with Gasteiger partial charge >= 0.3 is 0 Å². The lowest BCUT2D eigenvalue weighted by Crippen LogP contribution is -2.30. The van der Waals surface area contributed by atoms with Crippen molar-refractivity contribution in [1.29, 1.82) is 0 Å². The molecular weight excluding hydrogens is 228 g/mol. The van der Waals surface area contributed by atoms with Gasteiger partial charge in [0.05, 0.1) is 11.5 Å². The van der Waals surface area contributed by atoms with Gasteiger partial charge in [0, 0.05) is 19.3 Å². The second-order valence-corrected chi connectivity index (χ2v) is 5.59. The summed E-state index contributed by atoms with van der Waals surface area (Å²) < 4.78 is 25.2. The fourth-order valence-electron chi connectivity index (χ4n) is 1.32. The largest absolute Gasteiger partial charge is 0.399 e. The number of aliphatic hydroxyl groups is 1. The molecule has 0 saturated carbocycles. The van der Waals surface area contributed by atoms with Crippen molar-refractivity contribution in [3.8, 4) is 0 Å². The minimum atomic E-state index is -3.56. The molecule has 1 aromatic carbocycles. The van der Waals surface area contributed by atoms with Crippen molar-refractivity contribution in [2.24, 2.45) is 0 Å². The number of sulfonamides is 1. The summed E-state index contributed by atoms with van der Waals surface area (Å²) in [6, 6.07) is 4.74. The van der Waals surface area contributed by atoms with Crippen LogP contribution in [0.15, 0.2) is 23.1 Å². The molecule has 0 aromatic heterocycles. The predicted octanol–water partition coefficient (Wildman–Crippen LogP) is 0.190. The van der Waals surface area contributed by atoms with E-state index in [9.17, 15) is 8.42 Å². The number of likely N-dealkylation sites (N-methyl/N-ethyl adjacent to an activating group) is 1. The Morgan fingerprint density at radius 3 is 2.62 bits per heavy atom. The highest BCUT2D eigenvalue weighted by Crippen LogP contribution is 2.21. The SMILES string of the molecule is Cc1ccc(N)cc1S(=O)(=O)N(C)CCO. The summed E-state index contributed by atoms with van der Waals surface area (Å²) in [5, 5.41) is 8.74. The van der Waals surface area contributed by atoms with Gasteiger partial charge in [-0.1, -0.05) is 6.07 Å². The summed E-state index contributed by atoms with van der Waals surface area (Å²) in [6.07, 6.45) is 0. The Balaban J connectivity index is 3.21. The molecule has 0 spiro atoms. The number of hydrogen-bond donors (Lipinski definition) is 2. The number of anilines is 1. The van der Waals surface area contributed by atoms with Crippen LogP contribution in [0.2, 0.25) is 0 Å². The van der Waals surface area contributed by atoms with Crippen LogP contribution >= 0.6 is 0 Å². The van der Waals surface area contributed by atoms with Crippen LogP contribution < -0.4 is 5.73 Å². The summed E-state index contributed by atoms with van der Waals surface area (Å²) in [7, 11) is -2.14. The Morgan fingerprint density at radius 1 is 1.44 bits per heavy atom. The monoisotopic (exact) mass is 244 g/mol. The smallest absolute Gasteiger partial charge is 0.243 e. The number of nitrogens with two attached hydrogens (primary N) is 1. The van der Waals surface area contributed by atoms with Crippen molar-refractivity contribution in [3.63, 3.8) is 0 Å². The fourth-order valence-corrected chi connectivity index (χ4v) is 2.74. The molecule has 0 saturated heterocycles. The molecule has 0 aliphatic carbocycles. The van der Waals surface area contributed by atoms with E-state index in [0.717, 1.165) is 4.31 Å². The molecule has 0 heterocycles. The van der Waals surface area contributed by atoms with Gasteiger partial charge < -0.3 is 10.8 Å². The Morgan fingerprint density at radius 2 is 2.06 bits per heavy atom. The van der Waals surface area contributed by atoms with E-state index in [2.05, 4.69) is 0 Å². The molecule has 0 aliphatic heterocycles. The van der Waals surface area contributed by atoms with Crippen LogP contribution in [0.3, 0.4) is 0 Å². The maximum atomic E-state index is 12.1. The summed E-state index contributed by atoms with van der Waals surface area (Å²) in [5.74, 6) is 0. The summed E-state index contributed by atoms with van der Waals surface area (Å²) in [5.41, 5.74) is 6.61. The lowest BCUT2D eigenvalue weighted by atomic mass is 10.2. The molecule has 0 bridgehead atoms. The first-order valence-corrected chi connectivity index (χ1v) is 6.27. The summed E-state index contributed by atoms with van der Waals surface area (Å²) in [4.78, 5) is 0.184. The molecule has 6 heteroatoms. The van der Waals surface area contributed by atoms with Crippen LogP contribution in [0, 0.1) is 6.92 Å². The molecular formula is C10H16N2O3S. The minimum absolute atomic E-state index is 0.0660. The molecule has 3 N–H and O–H groups in total. The topological polar surface area (TPSA) is 83.6 Å². The molecule has 90 valence electrons. The highest BCUT2D eigenvalue weighted by atomic mass is 32.2. The van der Waals surface area contributed by atoms with E-state index in [1.165, 1.54) is 13.1 Å². The van der Waals surface area contributed by atoms with E-state index in [1.54, 1.807) is 19.1 Å². The highest BCUT2D eigenvalue weighted by Gasteiger charge is 2.22. The van der Waals surface area contributed by atoms with Crippen molar-refractivity contribution in [1.82, 2.24) is 4.31 Å². The Kier molecular flexibility index (Phi) is 3.90. The Bertz CT molecular complexity index is 471. The molecule has 0 aliphatic rings. The highest BCUT2D eigenvalue weighted by molar-refractivity contribution is 7.89. The van der Waals surface area contributed by atoms with Crippen LogP contribution in [0.4, 0.5) is 5.69 Å². The number of benzene rings is 1. The van der Waals surface area contributed by atoms with Gasteiger partial charge in [0.1, 0.15) is 0 Å². The summed E-state index contributed by atoms with van der Waals surface area (Å²) in [6.45, 7) is 1.56. The molecule has 0 atom stereocenters. The molecule has 5 nitrogen and oxygen atoms in total. The van der Waals surface area contributed by atoms with Crippen molar-refractivity contribution in [2.75, 3.05) is 25.9 Å². The third-order valence-electron chi connectivity index (χ3n) is 2.32. The zero-order valence-electron chi connectivity index (χ0n) is 9.34. The van der Waals surface area contributed by atoms with Gasteiger partial charge in [-0.25, -0.2) is 8.42 Å². The maximum Gasteiger partial charge on any atom is 0.243 e. The minimum Gasteiger partial charge on any atom is -0.399 e. The average Bonchev–Trinajstić information content (AvgIpc) is 2.22. The third kappa shape index (κ3) is 2.52. The molecule has 0 radical (unpaired) electrons. The molecule has 0 fully saturated rings. The fraction of sp³-hybridized carbons (Fsp3) is 0.400. The first kappa shape index (κ1) is 13.0. The van der Waals surface area contributed by atoms with Crippen LogP contribution in [-0.2, 0) is 10.0 Å². The van der Waals surface area contributed by atoms with E-state index in [-0.39, 0.29) is 18.0 Å². The quantitative estimate of drug-likeness (QED) is 0.741. The van der Waals surface area contributed by atoms with Gasteiger partial charge in [-0.15, -0.1) is 0 Å². The Labute approximate surface area is 95.5 Å². The lowest BCUT2D eigenvalue weighted by molar-refractivity contribution is 0.266. The molecule has 1 rings (SSSR count). The number of nitrogens with zero attached hydrogens (tertiary/aromatic N) is 1. The molecule has 1 aromatic rings. The number of rotatable bonds is 4. The van der Waals surface area contributed by atoms with E-state index >= 15 is 0 Å². The van der Waals surface area contributed by atoms with Crippen LogP contribution in [-0.4, -0.2) is 38.0 Å². The number of nitrogen functional groups attached to an aromatic ring is 1. The van der Waals surface area contributed by atoms with Crippen molar-refractivity contribution < 1.29 is 13.5 Å². The Hall–Kier alpha value is -1.11. The lowest BCUT2D eigenvalue weighted by Gasteiger charge is -2.17. The average molecular weight is 244 g/mol. The number of aryl methyl sites for hydroxylation is 1. The molecule has 16 heavy (non-hydrogen) atoms. The van der Waals surface area contributed by atoms with Crippen molar-refractivity contribution in [3.05, 3.63) is 23.8 Å². The molecule has 0 unspecified atom stereocenters. The van der Waals surface area contributed by atoms with Gasteiger partial charge in [0.15, 0.2) is 0 Å². The second kappa shape index (κ2) is 4.82. The van der Waals surface area contributed by atoms with Crippen LogP contribution in [0.25, 0.3) is 0 Å². The predicted molar refractivity (Wildman–Crippen MR) is 62.5 cm³/mol. The number of hydrogen-bond acceptors (Lipinski definition) is 4. The van der Waals surface area contributed by atoms with E-state index in [0.29, 0.717) is 11.3 Å². The first-order chi connectivity index (χ1) is 7.39. The zero-order valence-corrected chi connectivity index (χ0v) is 10.2. The van der Waals surface area contributed by atoms with Crippen LogP contribution in [0.1, 0.15) is 5.56 Å². The van der Waals surface area contributed by atoms with Gasteiger partial charge in [-0.2, -0.15) is 4.31 Å². The van der Waals surface area contributed by atoms with Crippen molar-refractivity contribution in [2.45, 2.75) is 11.8 Å². The summed E-state index contributed by atoms with van der Waals surface area (Å²) >= 11 is 0. The van der Waals surface area contributed by atoms with E-state index in [1.807, 2.05) is 0 Å². The standard InChI is InChI=1S/C10H16N2O3S/c1-8-3-4-9(11)7-10(8)16(14,15)12(2)5-6-13/h3-4,7,13H,5-6,11H2,1-2H3. The third-order valence-corrected chi connectivity index (χ3v) is 4.31. The van der Waals surface area contributed by atoms with E-state index < -0.39 is 10.0 Å². The maximum absolute atomic E-state index is 12.1. The first-order valence-electron chi connectivity index (χ1n) is 4.83. The van der Waals surface area contributed by atoms with Crippen molar-refractivity contribution >= 4 is 15.7 Å². The normalized spacial score (nSPS) is 12.0. The van der Waals surface area contributed by atoms with Crippen LogP contribution in [0.5, 0.6) is 0 Å². The number of aliphatic hydroxyl groups excluding tert-OH is 1. The van der Waals surface area contributed by atoms with Gasteiger partial charge in [-0.05, 0) is 24.6 Å². The second-order valence-electron chi connectivity index (χ2n) is 3.58. The zero-order chi connectivity index (χ0) is 12.3. The molecule has 0 amide bonds. The van der Waals surface area contributed by atoms with Gasteiger partial charge in [0.2, 0.25) is 10.0 Å². The van der Waals surface area contributed by atoms with Gasteiger partial charge in [0.25, 0.3) is 0 Å².